The quantitative estimate of drug-likeness (QED) is 0.561. The highest BCUT2D eigenvalue weighted by Gasteiger charge is 2.46. The third-order valence-electron chi connectivity index (χ3n) is 2.51. The fourth-order valence-corrected chi connectivity index (χ4v) is 1.55. The van der Waals surface area contributed by atoms with E-state index in [9.17, 15) is 15.0 Å². The van der Waals surface area contributed by atoms with E-state index < -0.39 is 17.4 Å². The molecule has 0 amide bonds. The Kier molecular flexibility index (Phi) is 4.95. The Morgan fingerprint density at radius 2 is 1.62 bits per heavy atom. The molecule has 16 heavy (non-hydrogen) atoms. The van der Waals surface area contributed by atoms with Crippen molar-refractivity contribution >= 4 is 5.97 Å². The molecular weight excluding hydrogens is 208 g/mol. The zero-order valence-corrected chi connectivity index (χ0v) is 11.1. The van der Waals surface area contributed by atoms with Gasteiger partial charge in [-0.15, -0.1) is 0 Å². The van der Waals surface area contributed by atoms with E-state index in [1.807, 2.05) is 13.8 Å². The first-order chi connectivity index (χ1) is 6.99. The van der Waals surface area contributed by atoms with Crippen molar-refractivity contribution < 1.29 is 19.7 Å². The van der Waals surface area contributed by atoms with Gasteiger partial charge in [-0.1, -0.05) is 41.5 Å². The molecule has 0 aromatic rings. The van der Waals surface area contributed by atoms with Gasteiger partial charge in [0.25, 0.3) is 0 Å². The number of carbonyl (C=O) groups excluding carboxylic acids is 1. The van der Waals surface area contributed by atoms with Crippen molar-refractivity contribution in [2.24, 2.45) is 17.3 Å². The molecule has 0 heterocycles. The number of carbonyl (C=O) groups is 1. The summed E-state index contributed by atoms with van der Waals surface area (Å²) in [7, 11) is 0. The number of ether oxygens (including phenoxy) is 1. The summed E-state index contributed by atoms with van der Waals surface area (Å²) < 4.78 is 4.74. The number of aliphatic hydroxyl groups is 2. The molecule has 0 radical (unpaired) electrons. The maximum Gasteiger partial charge on any atom is 0.329 e. The van der Waals surface area contributed by atoms with Gasteiger partial charge in [0.2, 0.25) is 0 Å². The smallest absolute Gasteiger partial charge is 0.329 e. The first kappa shape index (κ1) is 15.4. The van der Waals surface area contributed by atoms with E-state index in [0.29, 0.717) is 6.42 Å². The second-order valence-electron chi connectivity index (χ2n) is 5.67. The SMILES string of the molecule is CC(C)CC(C)(C)C(O)(O)OC(=O)C(C)C. The second-order valence-corrected chi connectivity index (χ2v) is 5.67. The lowest BCUT2D eigenvalue weighted by Gasteiger charge is -2.38. The predicted molar refractivity (Wildman–Crippen MR) is 61.3 cm³/mol. The minimum Gasteiger partial charge on any atom is -0.407 e. The molecule has 96 valence electrons. The van der Waals surface area contributed by atoms with Crippen LogP contribution in [0.5, 0.6) is 0 Å². The number of rotatable bonds is 5. The molecule has 0 unspecified atom stereocenters. The maximum atomic E-state index is 11.3. The number of hydrogen-bond acceptors (Lipinski definition) is 4. The van der Waals surface area contributed by atoms with Crippen molar-refractivity contribution in [1.29, 1.82) is 0 Å². The fourth-order valence-electron chi connectivity index (χ4n) is 1.55. The van der Waals surface area contributed by atoms with Crippen LogP contribution in [0.15, 0.2) is 0 Å². The molecule has 0 spiro atoms. The summed E-state index contributed by atoms with van der Waals surface area (Å²) in [5.74, 6) is -3.12. The molecule has 0 atom stereocenters. The first-order valence-electron chi connectivity index (χ1n) is 5.67. The lowest BCUT2D eigenvalue weighted by Crippen LogP contribution is -2.49. The van der Waals surface area contributed by atoms with Crippen molar-refractivity contribution in [2.45, 2.75) is 53.9 Å². The van der Waals surface area contributed by atoms with E-state index in [1.165, 1.54) is 0 Å². The van der Waals surface area contributed by atoms with Crippen LogP contribution in [-0.4, -0.2) is 22.2 Å². The largest absolute Gasteiger partial charge is 0.407 e. The van der Waals surface area contributed by atoms with Crippen LogP contribution >= 0.6 is 0 Å². The average Bonchev–Trinajstić information content (AvgIpc) is 1.99. The van der Waals surface area contributed by atoms with Gasteiger partial charge in [0, 0.05) is 0 Å². The summed E-state index contributed by atoms with van der Waals surface area (Å²) >= 11 is 0. The highest BCUT2D eigenvalue weighted by Crippen LogP contribution is 2.36. The molecule has 0 aliphatic carbocycles. The minimum absolute atomic E-state index is 0.284. The zero-order chi connectivity index (χ0) is 13.1. The van der Waals surface area contributed by atoms with E-state index in [1.54, 1.807) is 27.7 Å². The van der Waals surface area contributed by atoms with Crippen LogP contribution in [-0.2, 0) is 9.53 Å². The van der Waals surface area contributed by atoms with Gasteiger partial charge in [-0.05, 0) is 12.3 Å². The summed E-state index contributed by atoms with van der Waals surface area (Å²) in [6, 6.07) is 0. The molecule has 0 rings (SSSR count). The molecule has 0 aromatic heterocycles. The molecule has 4 heteroatoms. The average molecular weight is 232 g/mol. The summed E-state index contributed by atoms with van der Waals surface area (Å²) in [6.45, 7) is 10.6. The van der Waals surface area contributed by atoms with Gasteiger partial charge in [0.1, 0.15) is 0 Å². The summed E-state index contributed by atoms with van der Waals surface area (Å²) in [5, 5.41) is 19.6. The lowest BCUT2D eigenvalue weighted by molar-refractivity contribution is -0.373. The summed E-state index contributed by atoms with van der Waals surface area (Å²) in [4.78, 5) is 11.3. The first-order valence-corrected chi connectivity index (χ1v) is 5.67. The van der Waals surface area contributed by atoms with Crippen molar-refractivity contribution in [2.75, 3.05) is 0 Å². The van der Waals surface area contributed by atoms with E-state index in [4.69, 9.17) is 4.74 Å². The van der Waals surface area contributed by atoms with E-state index >= 15 is 0 Å². The third-order valence-corrected chi connectivity index (χ3v) is 2.51. The van der Waals surface area contributed by atoms with Crippen molar-refractivity contribution in [3.63, 3.8) is 0 Å². The normalized spacial score (nSPS) is 13.4. The van der Waals surface area contributed by atoms with E-state index in [-0.39, 0.29) is 11.8 Å². The van der Waals surface area contributed by atoms with Crippen molar-refractivity contribution in [1.82, 2.24) is 0 Å². The van der Waals surface area contributed by atoms with Crippen molar-refractivity contribution in [3.8, 4) is 0 Å². The van der Waals surface area contributed by atoms with Crippen molar-refractivity contribution in [3.05, 3.63) is 0 Å². The Bertz CT molecular complexity index is 241. The third kappa shape index (κ3) is 4.10. The lowest BCUT2D eigenvalue weighted by atomic mass is 9.81. The molecule has 0 aliphatic heterocycles. The standard InChI is InChI=1S/C12H24O4/c1-8(2)7-11(5,6)12(14,15)16-10(13)9(3)4/h8-9,14-15H,7H2,1-6H3. The maximum absolute atomic E-state index is 11.3. The van der Waals surface area contributed by atoms with Gasteiger partial charge in [0.05, 0.1) is 11.3 Å². The highest BCUT2D eigenvalue weighted by atomic mass is 16.8. The van der Waals surface area contributed by atoms with Crippen LogP contribution in [0.25, 0.3) is 0 Å². The summed E-state index contributed by atoms with van der Waals surface area (Å²) in [6.07, 6.45) is 0.547. The van der Waals surface area contributed by atoms with E-state index in [2.05, 4.69) is 0 Å². The molecule has 4 nitrogen and oxygen atoms in total. The Morgan fingerprint density at radius 1 is 1.19 bits per heavy atom. The van der Waals surface area contributed by atoms with Crippen LogP contribution in [0.3, 0.4) is 0 Å². The predicted octanol–water partition coefficient (Wildman–Crippen LogP) is 1.90. The molecule has 0 aromatic carbocycles. The Balaban J connectivity index is 4.69. The number of hydrogen-bond donors (Lipinski definition) is 2. The summed E-state index contributed by atoms with van der Waals surface area (Å²) in [5.41, 5.74) is -0.897. The topological polar surface area (TPSA) is 66.8 Å². The molecule has 0 aliphatic rings. The molecule has 0 saturated heterocycles. The van der Waals surface area contributed by atoms with Gasteiger partial charge in [-0.25, -0.2) is 0 Å². The molecule has 0 fully saturated rings. The van der Waals surface area contributed by atoms with Gasteiger partial charge in [-0.3, -0.25) is 4.79 Å². The number of esters is 1. The van der Waals surface area contributed by atoms with Crippen LogP contribution < -0.4 is 0 Å². The van der Waals surface area contributed by atoms with E-state index in [0.717, 1.165) is 0 Å². The highest BCUT2D eigenvalue weighted by molar-refractivity contribution is 5.71. The Hall–Kier alpha value is -0.610. The van der Waals surface area contributed by atoms with Gasteiger partial charge in [-0.2, -0.15) is 0 Å². The van der Waals surface area contributed by atoms with Crippen LogP contribution in [0.2, 0.25) is 0 Å². The molecule has 0 bridgehead atoms. The monoisotopic (exact) mass is 232 g/mol. The molecule has 2 N–H and O–H groups in total. The van der Waals surface area contributed by atoms with Crippen LogP contribution in [0.4, 0.5) is 0 Å². The fraction of sp³-hybridized carbons (Fsp3) is 0.917. The van der Waals surface area contributed by atoms with Gasteiger partial charge >= 0.3 is 11.9 Å². The molecule has 0 saturated carbocycles. The Morgan fingerprint density at radius 3 is 1.94 bits per heavy atom. The zero-order valence-electron chi connectivity index (χ0n) is 11.1. The minimum atomic E-state index is -2.42. The van der Waals surface area contributed by atoms with Gasteiger partial charge < -0.3 is 14.9 Å². The van der Waals surface area contributed by atoms with Crippen LogP contribution in [0.1, 0.15) is 48.0 Å². The Labute approximate surface area is 97.6 Å². The second kappa shape index (κ2) is 5.15. The molecular formula is C12H24O4. The van der Waals surface area contributed by atoms with Gasteiger partial charge in [0.15, 0.2) is 0 Å². The van der Waals surface area contributed by atoms with Crippen LogP contribution in [0, 0.1) is 17.3 Å².